The van der Waals surface area contributed by atoms with Gasteiger partial charge in [-0.1, -0.05) is 29.5 Å². The van der Waals surface area contributed by atoms with Crippen LogP contribution in [-0.4, -0.2) is 44.2 Å². The molecule has 1 saturated heterocycles. The van der Waals surface area contributed by atoms with E-state index in [2.05, 4.69) is 10.3 Å². The Balaban J connectivity index is 1.42. The lowest BCUT2D eigenvalue weighted by Gasteiger charge is -2.14. The lowest BCUT2D eigenvalue weighted by atomic mass is 9.85. The average molecular weight is 368 g/mol. The van der Waals surface area contributed by atoms with Gasteiger partial charge in [-0.3, -0.25) is 24.1 Å². The zero-order chi connectivity index (χ0) is 19.0. The Morgan fingerprint density at radius 2 is 1.74 bits per heavy atom. The zero-order valence-electron chi connectivity index (χ0n) is 14.3. The largest absolute Gasteiger partial charge is 0.441 e. The van der Waals surface area contributed by atoms with Gasteiger partial charge < -0.3 is 4.74 Å². The molecule has 2 unspecified atom stereocenters. The summed E-state index contributed by atoms with van der Waals surface area (Å²) in [6.45, 7) is -0.916. The van der Waals surface area contributed by atoms with Crippen molar-refractivity contribution in [3.05, 3.63) is 46.8 Å². The number of aromatic nitrogens is 3. The van der Waals surface area contributed by atoms with E-state index in [1.807, 2.05) is 12.2 Å². The van der Waals surface area contributed by atoms with Gasteiger partial charge in [-0.05, 0) is 25.0 Å². The number of amides is 2. The molecule has 0 spiro atoms. The number of imide groups is 1. The first-order chi connectivity index (χ1) is 13.1. The van der Waals surface area contributed by atoms with Gasteiger partial charge in [-0.15, -0.1) is 5.10 Å². The van der Waals surface area contributed by atoms with Gasteiger partial charge in [-0.25, -0.2) is 0 Å². The minimum atomic E-state index is -0.787. The van der Waals surface area contributed by atoms with E-state index in [0.29, 0.717) is 23.7 Å². The van der Waals surface area contributed by atoms with Crippen molar-refractivity contribution in [2.24, 2.45) is 11.8 Å². The third kappa shape index (κ3) is 3.01. The number of carbonyl (C=O) groups excluding carboxylic acids is 3. The number of esters is 1. The number of nitrogens with zero attached hydrogens (tertiary/aromatic N) is 4. The minimum Gasteiger partial charge on any atom is -0.441 e. The Kier molecular flexibility index (Phi) is 4.27. The van der Waals surface area contributed by atoms with Gasteiger partial charge in [0.2, 0.25) is 11.8 Å². The Bertz CT molecular complexity index is 1000. The van der Waals surface area contributed by atoms with Crippen LogP contribution in [0.2, 0.25) is 0 Å². The maximum atomic E-state index is 12.3. The topological polar surface area (TPSA) is 111 Å². The van der Waals surface area contributed by atoms with Crippen LogP contribution in [0.5, 0.6) is 0 Å². The maximum Gasteiger partial charge on any atom is 0.327 e. The number of hydrogen-bond donors (Lipinski definition) is 0. The SMILES string of the molecule is O=C(CN1C(=O)C2CC=CCC2C1=O)OCn1nnc2ccccc2c1=O. The molecule has 1 aliphatic carbocycles. The number of benzene rings is 1. The van der Waals surface area contributed by atoms with E-state index in [-0.39, 0.29) is 11.8 Å². The van der Waals surface area contributed by atoms with Crippen molar-refractivity contribution in [3.63, 3.8) is 0 Å². The number of fused-ring (bicyclic) bond motifs is 2. The summed E-state index contributed by atoms with van der Waals surface area (Å²) in [5, 5.41) is 7.96. The van der Waals surface area contributed by atoms with Gasteiger partial charge in [0.15, 0.2) is 6.73 Å². The van der Waals surface area contributed by atoms with E-state index in [0.717, 1.165) is 9.58 Å². The minimum absolute atomic E-state index is 0.352. The summed E-state index contributed by atoms with van der Waals surface area (Å²) in [7, 11) is 0. The van der Waals surface area contributed by atoms with Crippen LogP contribution in [0.25, 0.3) is 10.9 Å². The molecule has 0 radical (unpaired) electrons. The zero-order valence-corrected chi connectivity index (χ0v) is 14.3. The molecule has 1 aliphatic heterocycles. The molecule has 1 fully saturated rings. The Labute approximate surface area is 153 Å². The fraction of sp³-hybridized carbons (Fsp3) is 0.333. The molecule has 138 valence electrons. The Morgan fingerprint density at radius 1 is 1.07 bits per heavy atom. The molecule has 0 N–H and O–H groups in total. The number of hydrogen-bond acceptors (Lipinski definition) is 7. The first kappa shape index (κ1) is 17.1. The Morgan fingerprint density at radius 3 is 2.44 bits per heavy atom. The molecule has 0 bridgehead atoms. The molecule has 9 nitrogen and oxygen atoms in total. The number of rotatable bonds is 4. The molecule has 0 saturated carbocycles. The van der Waals surface area contributed by atoms with Crippen LogP contribution in [0.4, 0.5) is 0 Å². The van der Waals surface area contributed by atoms with Crippen LogP contribution >= 0.6 is 0 Å². The molecule has 1 aromatic carbocycles. The van der Waals surface area contributed by atoms with E-state index in [4.69, 9.17) is 4.74 Å². The van der Waals surface area contributed by atoms with Crippen molar-refractivity contribution in [1.82, 2.24) is 19.9 Å². The maximum absolute atomic E-state index is 12.3. The molecule has 2 atom stereocenters. The molecule has 27 heavy (non-hydrogen) atoms. The lowest BCUT2D eigenvalue weighted by Crippen LogP contribution is -2.37. The molecular weight excluding hydrogens is 352 g/mol. The molecule has 2 amide bonds. The average Bonchev–Trinajstić information content (AvgIpc) is 2.93. The van der Waals surface area contributed by atoms with Crippen LogP contribution in [0.3, 0.4) is 0 Å². The summed E-state index contributed by atoms with van der Waals surface area (Å²) < 4.78 is 5.94. The van der Waals surface area contributed by atoms with Gasteiger partial charge >= 0.3 is 5.97 Å². The standard InChI is InChI=1S/C18H16N4O5/c23-15(9-21-16(24)11-5-1-2-6-12(11)17(21)25)27-10-22-18(26)13-7-3-4-8-14(13)19-20-22/h1-4,7-8,11-12H,5-6,9-10H2. The molecular formula is C18H16N4O5. The summed E-state index contributed by atoms with van der Waals surface area (Å²) in [5.41, 5.74) is -0.00614. The molecule has 2 aliphatic rings. The number of carbonyl (C=O) groups is 3. The predicted octanol–water partition coefficient (Wildman–Crippen LogP) is 0.243. The van der Waals surface area contributed by atoms with E-state index in [1.54, 1.807) is 24.3 Å². The lowest BCUT2D eigenvalue weighted by molar-refractivity contribution is -0.156. The third-order valence-electron chi connectivity index (χ3n) is 4.86. The van der Waals surface area contributed by atoms with Crippen LogP contribution in [0.15, 0.2) is 41.2 Å². The molecule has 2 heterocycles. The van der Waals surface area contributed by atoms with Crippen molar-refractivity contribution in [3.8, 4) is 0 Å². The van der Waals surface area contributed by atoms with Crippen molar-refractivity contribution in [2.75, 3.05) is 6.54 Å². The van der Waals surface area contributed by atoms with Crippen molar-refractivity contribution in [1.29, 1.82) is 0 Å². The first-order valence-corrected chi connectivity index (χ1v) is 8.54. The quantitative estimate of drug-likeness (QED) is 0.432. The normalized spacial score (nSPS) is 21.6. The van der Waals surface area contributed by atoms with E-state index in [9.17, 15) is 19.2 Å². The van der Waals surface area contributed by atoms with Crippen molar-refractivity contribution >= 4 is 28.7 Å². The molecule has 9 heteroatoms. The summed E-state index contributed by atoms with van der Waals surface area (Å²) in [4.78, 5) is 50.0. The summed E-state index contributed by atoms with van der Waals surface area (Å²) in [6.07, 6.45) is 4.75. The molecule has 4 rings (SSSR count). The number of allylic oxidation sites excluding steroid dienone is 2. The van der Waals surface area contributed by atoms with Gasteiger partial charge in [-0.2, -0.15) is 4.68 Å². The van der Waals surface area contributed by atoms with Crippen molar-refractivity contribution < 1.29 is 19.1 Å². The summed E-state index contributed by atoms with van der Waals surface area (Å²) in [5.74, 6) is -2.29. The first-order valence-electron chi connectivity index (χ1n) is 8.54. The van der Waals surface area contributed by atoms with Crippen molar-refractivity contribution in [2.45, 2.75) is 19.6 Å². The van der Waals surface area contributed by atoms with Crippen LogP contribution < -0.4 is 5.56 Å². The molecule has 2 aromatic rings. The Hall–Kier alpha value is -3.36. The highest BCUT2D eigenvalue weighted by Crippen LogP contribution is 2.34. The monoisotopic (exact) mass is 368 g/mol. The van der Waals surface area contributed by atoms with Gasteiger partial charge in [0.1, 0.15) is 12.1 Å². The van der Waals surface area contributed by atoms with Crippen LogP contribution in [0, 0.1) is 11.8 Å². The number of likely N-dealkylation sites (tertiary alicyclic amines) is 1. The fourth-order valence-corrected chi connectivity index (χ4v) is 3.44. The van der Waals surface area contributed by atoms with Gasteiger partial charge in [0.05, 0.1) is 17.2 Å². The van der Waals surface area contributed by atoms with Gasteiger partial charge in [0, 0.05) is 0 Å². The highest BCUT2D eigenvalue weighted by atomic mass is 16.5. The van der Waals surface area contributed by atoms with E-state index >= 15 is 0 Å². The smallest absolute Gasteiger partial charge is 0.327 e. The highest BCUT2D eigenvalue weighted by molar-refractivity contribution is 6.07. The summed E-state index contributed by atoms with van der Waals surface area (Å²) in [6, 6.07) is 6.68. The number of ether oxygens (including phenoxy) is 1. The summed E-state index contributed by atoms with van der Waals surface area (Å²) >= 11 is 0. The predicted molar refractivity (Wildman–Crippen MR) is 92.0 cm³/mol. The highest BCUT2D eigenvalue weighted by Gasteiger charge is 2.47. The van der Waals surface area contributed by atoms with E-state index in [1.165, 1.54) is 0 Å². The van der Waals surface area contributed by atoms with Gasteiger partial charge in [0.25, 0.3) is 5.56 Å². The van der Waals surface area contributed by atoms with Crippen LogP contribution in [0.1, 0.15) is 12.8 Å². The third-order valence-corrected chi connectivity index (χ3v) is 4.86. The van der Waals surface area contributed by atoms with Crippen LogP contribution in [-0.2, 0) is 25.9 Å². The second kappa shape index (κ2) is 6.75. The second-order valence-electron chi connectivity index (χ2n) is 6.48. The second-order valence-corrected chi connectivity index (χ2v) is 6.48. The fourth-order valence-electron chi connectivity index (χ4n) is 3.44. The molecule has 1 aromatic heterocycles. The van der Waals surface area contributed by atoms with E-state index < -0.39 is 36.6 Å².